The minimum atomic E-state index is -0.140. The van der Waals surface area contributed by atoms with Crippen LogP contribution < -0.4 is 10.1 Å². The number of rotatable bonds is 9. The highest BCUT2D eigenvalue weighted by Gasteiger charge is 2.08. The zero-order valence-corrected chi connectivity index (χ0v) is 12.9. The van der Waals surface area contributed by atoms with E-state index in [2.05, 4.69) is 30.4 Å². The number of hydrogen-bond acceptors (Lipinski definition) is 3. The van der Waals surface area contributed by atoms with E-state index in [0.29, 0.717) is 19.1 Å². The summed E-state index contributed by atoms with van der Waals surface area (Å²) in [4.78, 5) is 0. The second-order valence-electron chi connectivity index (χ2n) is 5.39. The van der Waals surface area contributed by atoms with Gasteiger partial charge in [-0.1, -0.05) is 25.5 Å². The van der Waals surface area contributed by atoms with Gasteiger partial charge in [0.1, 0.15) is 5.75 Å². The molecule has 0 saturated carbocycles. The maximum Gasteiger partial charge on any atom is 0.119 e. The second-order valence-corrected chi connectivity index (χ2v) is 5.39. The van der Waals surface area contributed by atoms with Gasteiger partial charge in [-0.2, -0.15) is 5.26 Å². The number of unbranched alkanes of at least 4 members (excludes halogenated alkanes) is 1. The molecule has 0 amide bonds. The number of aryl methyl sites for hydroxylation is 1. The molecule has 0 aliphatic carbocycles. The maximum absolute atomic E-state index is 9.02. The van der Waals surface area contributed by atoms with Crippen molar-refractivity contribution < 1.29 is 4.74 Å². The van der Waals surface area contributed by atoms with Crippen molar-refractivity contribution in [3.63, 3.8) is 0 Å². The van der Waals surface area contributed by atoms with Crippen LogP contribution >= 0.6 is 0 Å². The molecule has 1 N–H and O–H groups in total. The van der Waals surface area contributed by atoms with Gasteiger partial charge in [0.25, 0.3) is 0 Å². The van der Waals surface area contributed by atoms with Crippen molar-refractivity contribution in [3.05, 3.63) is 29.8 Å². The van der Waals surface area contributed by atoms with Crippen molar-refractivity contribution in [2.75, 3.05) is 6.61 Å². The summed E-state index contributed by atoms with van der Waals surface area (Å²) in [6.45, 7) is 6.85. The average molecular weight is 274 g/mol. The van der Waals surface area contributed by atoms with Crippen molar-refractivity contribution in [1.82, 2.24) is 5.32 Å². The number of benzene rings is 1. The molecule has 0 aliphatic heterocycles. The molecule has 1 aromatic carbocycles. The van der Waals surface area contributed by atoms with E-state index in [1.54, 1.807) is 0 Å². The summed E-state index contributed by atoms with van der Waals surface area (Å²) in [5.74, 6) is 0.881. The Morgan fingerprint density at radius 1 is 1.25 bits per heavy atom. The van der Waals surface area contributed by atoms with Gasteiger partial charge in [0.15, 0.2) is 0 Å². The smallest absolute Gasteiger partial charge is 0.119 e. The topological polar surface area (TPSA) is 45.0 Å². The molecule has 3 heteroatoms. The van der Waals surface area contributed by atoms with E-state index in [-0.39, 0.29) is 6.04 Å². The van der Waals surface area contributed by atoms with Gasteiger partial charge in [-0.15, -0.1) is 0 Å². The van der Waals surface area contributed by atoms with Crippen LogP contribution in [-0.2, 0) is 6.42 Å². The molecule has 3 nitrogen and oxygen atoms in total. The fourth-order valence-corrected chi connectivity index (χ4v) is 2.02. The molecule has 1 atom stereocenters. The van der Waals surface area contributed by atoms with Crippen molar-refractivity contribution in [2.24, 2.45) is 0 Å². The first kappa shape index (κ1) is 16.5. The lowest BCUT2D eigenvalue weighted by Gasteiger charge is -2.14. The van der Waals surface area contributed by atoms with E-state index < -0.39 is 0 Å². The van der Waals surface area contributed by atoms with Gasteiger partial charge >= 0.3 is 0 Å². The van der Waals surface area contributed by atoms with E-state index in [4.69, 9.17) is 10.00 Å². The first-order valence-electron chi connectivity index (χ1n) is 7.53. The van der Waals surface area contributed by atoms with Gasteiger partial charge in [0.05, 0.1) is 18.7 Å². The molecule has 0 saturated heterocycles. The molecule has 0 aromatic heterocycles. The average Bonchev–Trinajstić information content (AvgIpc) is 2.45. The van der Waals surface area contributed by atoms with E-state index in [1.807, 2.05) is 26.0 Å². The van der Waals surface area contributed by atoms with Gasteiger partial charge in [-0.05, 0) is 44.4 Å². The van der Waals surface area contributed by atoms with Gasteiger partial charge in [-0.3, -0.25) is 5.32 Å². The van der Waals surface area contributed by atoms with E-state index in [0.717, 1.165) is 12.2 Å². The van der Waals surface area contributed by atoms with Crippen LogP contribution in [0.25, 0.3) is 0 Å². The van der Waals surface area contributed by atoms with E-state index in [1.165, 1.54) is 18.4 Å². The Hall–Kier alpha value is -1.53. The third-order valence-corrected chi connectivity index (χ3v) is 3.11. The molecule has 0 heterocycles. The SMILES string of the molecule is CCCCc1ccc(OCCC(C#N)NC(C)C)cc1. The summed E-state index contributed by atoms with van der Waals surface area (Å²) >= 11 is 0. The van der Waals surface area contributed by atoms with Gasteiger partial charge in [0.2, 0.25) is 0 Å². The summed E-state index contributed by atoms with van der Waals surface area (Å²) in [6.07, 6.45) is 4.28. The third kappa shape index (κ3) is 6.58. The molecule has 20 heavy (non-hydrogen) atoms. The summed E-state index contributed by atoms with van der Waals surface area (Å²) in [5, 5.41) is 12.2. The number of ether oxygens (including phenoxy) is 1. The molecule has 0 spiro atoms. The fraction of sp³-hybridized carbons (Fsp3) is 0.588. The second kappa shape index (κ2) is 9.39. The van der Waals surface area contributed by atoms with Gasteiger partial charge < -0.3 is 4.74 Å². The molecular weight excluding hydrogens is 248 g/mol. The lowest BCUT2D eigenvalue weighted by Crippen LogP contribution is -2.34. The molecule has 0 aliphatic rings. The highest BCUT2D eigenvalue weighted by molar-refractivity contribution is 5.27. The molecule has 0 radical (unpaired) electrons. The standard InChI is InChI=1S/C17H26N2O/c1-4-5-6-15-7-9-17(10-8-15)20-12-11-16(13-18)19-14(2)3/h7-10,14,16,19H,4-6,11-12H2,1-3H3. The summed E-state index contributed by atoms with van der Waals surface area (Å²) in [5.41, 5.74) is 1.36. The first-order valence-corrected chi connectivity index (χ1v) is 7.53. The highest BCUT2D eigenvalue weighted by Crippen LogP contribution is 2.14. The number of nitrogens with one attached hydrogen (secondary N) is 1. The Labute approximate surface area is 123 Å². The Morgan fingerprint density at radius 3 is 2.50 bits per heavy atom. The Kier molecular flexibility index (Phi) is 7.75. The van der Waals surface area contributed by atoms with Crippen LogP contribution in [-0.4, -0.2) is 18.7 Å². The quantitative estimate of drug-likeness (QED) is 0.747. The van der Waals surface area contributed by atoms with Crippen molar-refractivity contribution in [2.45, 2.75) is 58.5 Å². The van der Waals surface area contributed by atoms with Crippen molar-refractivity contribution in [3.8, 4) is 11.8 Å². The maximum atomic E-state index is 9.02. The predicted octanol–water partition coefficient (Wildman–Crippen LogP) is 3.69. The third-order valence-electron chi connectivity index (χ3n) is 3.11. The summed E-state index contributed by atoms with van der Waals surface area (Å²) in [7, 11) is 0. The molecule has 1 unspecified atom stereocenters. The molecule has 1 rings (SSSR count). The Morgan fingerprint density at radius 2 is 1.95 bits per heavy atom. The van der Waals surface area contributed by atoms with Gasteiger partial charge in [-0.25, -0.2) is 0 Å². The van der Waals surface area contributed by atoms with Crippen molar-refractivity contribution in [1.29, 1.82) is 5.26 Å². The van der Waals surface area contributed by atoms with Crippen LogP contribution in [0.15, 0.2) is 24.3 Å². The number of hydrogen-bond donors (Lipinski definition) is 1. The summed E-state index contributed by atoms with van der Waals surface area (Å²) in [6, 6.07) is 10.7. The zero-order chi connectivity index (χ0) is 14.8. The minimum absolute atomic E-state index is 0.140. The van der Waals surface area contributed by atoms with Crippen LogP contribution in [0.4, 0.5) is 0 Å². The van der Waals surface area contributed by atoms with Crippen LogP contribution in [0.5, 0.6) is 5.75 Å². The molecule has 0 bridgehead atoms. The molecule has 0 fully saturated rings. The normalized spacial score (nSPS) is 12.2. The molecule has 110 valence electrons. The summed E-state index contributed by atoms with van der Waals surface area (Å²) < 4.78 is 5.69. The highest BCUT2D eigenvalue weighted by atomic mass is 16.5. The fourth-order valence-electron chi connectivity index (χ4n) is 2.02. The largest absolute Gasteiger partial charge is 0.493 e. The zero-order valence-electron chi connectivity index (χ0n) is 12.9. The Balaban J connectivity index is 2.33. The lowest BCUT2D eigenvalue weighted by molar-refractivity contribution is 0.294. The first-order chi connectivity index (χ1) is 9.65. The molecular formula is C17H26N2O. The van der Waals surface area contributed by atoms with Crippen molar-refractivity contribution >= 4 is 0 Å². The Bertz CT molecular complexity index is 406. The minimum Gasteiger partial charge on any atom is -0.493 e. The van der Waals surface area contributed by atoms with Crippen LogP contribution in [0, 0.1) is 11.3 Å². The monoisotopic (exact) mass is 274 g/mol. The predicted molar refractivity (Wildman–Crippen MR) is 82.8 cm³/mol. The molecule has 1 aromatic rings. The van der Waals surface area contributed by atoms with Gasteiger partial charge in [0, 0.05) is 12.5 Å². The van der Waals surface area contributed by atoms with E-state index >= 15 is 0 Å². The number of nitriles is 1. The van der Waals surface area contributed by atoms with Crippen LogP contribution in [0.3, 0.4) is 0 Å². The lowest BCUT2D eigenvalue weighted by atomic mass is 10.1. The van der Waals surface area contributed by atoms with E-state index in [9.17, 15) is 0 Å². The van der Waals surface area contributed by atoms with Crippen LogP contribution in [0.2, 0.25) is 0 Å². The number of nitrogens with zero attached hydrogens (tertiary/aromatic N) is 1. The van der Waals surface area contributed by atoms with Crippen LogP contribution in [0.1, 0.15) is 45.6 Å².